The summed E-state index contributed by atoms with van der Waals surface area (Å²) in [5.41, 5.74) is 0.508. The zero-order chi connectivity index (χ0) is 18.5. The van der Waals surface area contributed by atoms with Crippen LogP contribution in [-0.2, 0) is 0 Å². The van der Waals surface area contributed by atoms with E-state index < -0.39 is 11.5 Å². The number of nitrogens with one attached hydrogen (secondary N) is 1. The molecule has 1 unspecified atom stereocenters. The standard InChI is InChI=1S/C19H30N2O3/c1-7-21(6)18(24)15-10-8-9-14(11-15)17(23)20-12-19(4,5)16(22)13(2)3/h8-11,13,16,22H,7,12H2,1-6H3,(H,20,23). The summed E-state index contributed by atoms with van der Waals surface area (Å²) in [6.07, 6.45) is -0.510. The molecule has 1 aromatic rings. The van der Waals surface area contributed by atoms with Crippen LogP contribution in [0, 0.1) is 11.3 Å². The number of amides is 2. The van der Waals surface area contributed by atoms with E-state index in [0.29, 0.717) is 24.2 Å². The fourth-order valence-corrected chi connectivity index (χ4v) is 2.57. The van der Waals surface area contributed by atoms with Crippen LogP contribution >= 0.6 is 0 Å². The van der Waals surface area contributed by atoms with Crippen molar-refractivity contribution in [2.75, 3.05) is 20.1 Å². The van der Waals surface area contributed by atoms with Crippen LogP contribution in [0.4, 0.5) is 0 Å². The van der Waals surface area contributed by atoms with Crippen LogP contribution < -0.4 is 5.32 Å². The molecule has 1 rings (SSSR count). The second-order valence-electron chi connectivity index (χ2n) is 7.26. The Morgan fingerprint density at radius 2 is 1.83 bits per heavy atom. The van der Waals surface area contributed by atoms with Gasteiger partial charge in [-0.1, -0.05) is 33.8 Å². The molecule has 0 spiro atoms. The molecule has 24 heavy (non-hydrogen) atoms. The van der Waals surface area contributed by atoms with Crippen molar-refractivity contribution in [2.24, 2.45) is 11.3 Å². The van der Waals surface area contributed by atoms with Crippen molar-refractivity contribution in [3.63, 3.8) is 0 Å². The van der Waals surface area contributed by atoms with E-state index in [1.165, 1.54) is 0 Å². The number of rotatable bonds is 7. The number of aliphatic hydroxyl groups excluding tert-OH is 1. The summed E-state index contributed by atoms with van der Waals surface area (Å²) in [5, 5.41) is 13.1. The third-order valence-corrected chi connectivity index (χ3v) is 4.33. The third-order valence-electron chi connectivity index (χ3n) is 4.33. The zero-order valence-corrected chi connectivity index (χ0v) is 15.6. The minimum Gasteiger partial charge on any atom is -0.392 e. The molecule has 5 nitrogen and oxygen atoms in total. The van der Waals surface area contributed by atoms with Gasteiger partial charge in [0.25, 0.3) is 11.8 Å². The number of nitrogens with zero attached hydrogens (tertiary/aromatic N) is 1. The summed E-state index contributed by atoms with van der Waals surface area (Å²) in [5.74, 6) is -0.238. The fraction of sp³-hybridized carbons (Fsp3) is 0.579. The average Bonchev–Trinajstić information content (AvgIpc) is 2.57. The maximum Gasteiger partial charge on any atom is 0.253 e. The van der Waals surface area contributed by atoms with Crippen molar-refractivity contribution >= 4 is 11.8 Å². The summed E-state index contributed by atoms with van der Waals surface area (Å²) >= 11 is 0. The molecular formula is C19H30N2O3. The first-order valence-electron chi connectivity index (χ1n) is 8.42. The first-order valence-corrected chi connectivity index (χ1v) is 8.42. The van der Waals surface area contributed by atoms with Crippen molar-refractivity contribution in [3.05, 3.63) is 35.4 Å². The molecular weight excluding hydrogens is 304 g/mol. The molecule has 0 aliphatic rings. The highest BCUT2D eigenvalue weighted by Gasteiger charge is 2.30. The van der Waals surface area contributed by atoms with Crippen LogP contribution in [-0.4, -0.2) is 48.1 Å². The number of hydrogen-bond donors (Lipinski definition) is 2. The Kier molecular flexibility index (Phi) is 6.96. The lowest BCUT2D eigenvalue weighted by molar-refractivity contribution is 0.0138. The number of carbonyl (C=O) groups is 2. The van der Waals surface area contributed by atoms with Crippen LogP contribution in [0.1, 0.15) is 55.3 Å². The Labute approximate surface area is 145 Å². The van der Waals surface area contributed by atoms with Crippen LogP contribution in [0.2, 0.25) is 0 Å². The lowest BCUT2D eigenvalue weighted by atomic mass is 9.80. The molecule has 0 heterocycles. The molecule has 0 bridgehead atoms. The van der Waals surface area contributed by atoms with Crippen LogP contribution in [0.25, 0.3) is 0 Å². The van der Waals surface area contributed by atoms with Crippen molar-refractivity contribution in [2.45, 2.75) is 40.7 Å². The van der Waals surface area contributed by atoms with Gasteiger partial charge >= 0.3 is 0 Å². The normalized spacial score (nSPS) is 12.8. The first kappa shape index (κ1) is 20.2. The van der Waals surface area contributed by atoms with Gasteiger partial charge in [-0.15, -0.1) is 0 Å². The molecule has 0 saturated heterocycles. The largest absolute Gasteiger partial charge is 0.392 e. The lowest BCUT2D eigenvalue weighted by Crippen LogP contribution is -2.43. The summed E-state index contributed by atoms with van der Waals surface area (Å²) in [4.78, 5) is 26.2. The van der Waals surface area contributed by atoms with E-state index in [4.69, 9.17) is 0 Å². The van der Waals surface area contributed by atoms with Crippen LogP contribution in [0.3, 0.4) is 0 Å². The van der Waals surface area contributed by atoms with Crippen molar-refractivity contribution < 1.29 is 14.7 Å². The number of hydrogen-bond acceptors (Lipinski definition) is 3. The van der Waals surface area contributed by atoms with Gasteiger partial charge < -0.3 is 15.3 Å². The molecule has 1 aromatic carbocycles. The van der Waals surface area contributed by atoms with Gasteiger partial charge in [-0.25, -0.2) is 0 Å². The molecule has 0 aromatic heterocycles. The van der Waals surface area contributed by atoms with E-state index in [-0.39, 0.29) is 17.7 Å². The fourth-order valence-electron chi connectivity index (χ4n) is 2.57. The smallest absolute Gasteiger partial charge is 0.253 e. The molecule has 0 fully saturated rings. The van der Waals surface area contributed by atoms with Gasteiger partial charge in [-0.05, 0) is 31.0 Å². The molecule has 0 aliphatic heterocycles. The van der Waals surface area contributed by atoms with Gasteiger partial charge in [0, 0.05) is 36.7 Å². The van der Waals surface area contributed by atoms with E-state index in [1.54, 1.807) is 36.2 Å². The van der Waals surface area contributed by atoms with Gasteiger partial charge in [0.15, 0.2) is 0 Å². The Hall–Kier alpha value is -1.88. The first-order chi connectivity index (χ1) is 11.1. The Balaban J connectivity index is 2.81. The van der Waals surface area contributed by atoms with Gasteiger partial charge in [0.1, 0.15) is 0 Å². The highest BCUT2D eigenvalue weighted by atomic mass is 16.3. The molecule has 0 aliphatic carbocycles. The van der Waals surface area contributed by atoms with Gasteiger partial charge in [-0.3, -0.25) is 9.59 Å². The minimum absolute atomic E-state index is 0.109. The second-order valence-corrected chi connectivity index (χ2v) is 7.26. The summed E-state index contributed by atoms with van der Waals surface area (Å²) in [6, 6.07) is 6.71. The van der Waals surface area contributed by atoms with Crippen LogP contribution in [0.15, 0.2) is 24.3 Å². The van der Waals surface area contributed by atoms with E-state index in [1.807, 2.05) is 34.6 Å². The highest BCUT2D eigenvalue weighted by Crippen LogP contribution is 2.25. The molecule has 0 radical (unpaired) electrons. The van der Waals surface area contributed by atoms with Crippen LogP contribution in [0.5, 0.6) is 0 Å². The number of carbonyl (C=O) groups excluding carboxylic acids is 2. The molecule has 0 saturated carbocycles. The quantitative estimate of drug-likeness (QED) is 0.805. The van der Waals surface area contributed by atoms with E-state index >= 15 is 0 Å². The average molecular weight is 334 g/mol. The maximum atomic E-state index is 12.4. The van der Waals surface area contributed by atoms with Gasteiger partial charge in [0.2, 0.25) is 0 Å². The summed E-state index contributed by atoms with van der Waals surface area (Å²) < 4.78 is 0. The zero-order valence-electron chi connectivity index (χ0n) is 15.6. The predicted molar refractivity (Wildman–Crippen MR) is 96.0 cm³/mol. The second kappa shape index (κ2) is 8.29. The Bertz CT molecular complexity index is 582. The van der Waals surface area contributed by atoms with Crippen molar-refractivity contribution in [3.8, 4) is 0 Å². The predicted octanol–water partition coefficient (Wildman–Crippen LogP) is 2.55. The molecule has 2 amide bonds. The Morgan fingerprint density at radius 1 is 1.25 bits per heavy atom. The minimum atomic E-state index is -0.510. The van der Waals surface area contributed by atoms with Gasteiger partial charge in [0.05, 0.1) is 6.10 Å². The number of aliphatic hydroxyl groups is 1. The summed E-state index contributed by atoms with van der Waals surface area (Å²) in [6.45, 7) is 10.6. The molecule has 2 N–H and O–H groups in total. The summed E-state index contributed by atoms with van der Waals surface area (Å²) in [7, 11) is 1.73. The third kappa shape index (κ3) is 5.06. The molecule has 134 valence electrons. The highest BCUT2D eigenvalue weighted by molar-refractivity contribution is 5.99. The molecule has 5 heteroatoms. The monoisotopic (exact) mass is 334 g/mol. The number of benzene rings is 1. The van der Waals surface area contributed by atoms with Crippen molar-refractivity contribution in [1.82, 2.24) is 10.2 Å². The Morgan fingerprint density at radius 3 is 2.38 bits per heavy atom. The lowest BCUT2D eigenvalue weighted by Gasteiger charge is -2.33. The maximum absolute atomic E-state index is 12.4. The van der Waals surface area contributed by atoms with E-state index in [0.717, 1.165) is 0 Å². The van der Waals surface area contributed by atoms with Gasteiger partial charge in [-0.2, -0.15) is 0 Å². The van der Waals surface area contributed by atoms with Crippen molar-refractivity contribution in [1.29, 1.82) is 0 Å². The SMILES string of the molecule is CCN(C)C(=O)c1cccc(C(=O)NCC(C)(C)C(O)C(C)C)c1. The topological polar surface area (TPSA) is 69.6 Å². The van der Waals surface area contributed by atoms with E-state index in [2.05, 4.69) is 5.32 Å². The van der Waals surface area contributed by atoms with E-state index in [9.17, 15) is 14.7 Å². The molecule has 1 atom stereocenters.